The van der Waals surface area contributed by atoms with E-state index in [-0.39, 0.29) is 6.04 Å². The van der Waals surface area contributed by atoms with Crippen LogP contribution in [0, 0.1) is 0 Å². The van der Waals surface area contributed by atoms with Crippen LogP contribution in [0.2, 0.25) is 0 Å². The summed E-state index contributed by atoms with van der Waals surface area (Å²) in [5.41, 5.74) is 8.23. The highest BCUT2D eigenvalue weighted by atomic mass is 32.1. The molecule has 1 rings (SSSR count). The van der Waals surface area contributed by atoms with E-state index in [4.69, 9.17) is 10.5 Å². The van der Waals surface area contributed by atoms with Crippen LogP contribution in [0.3, 0.4) is 0 Å². The molecule has 3 heteroatoms. The van der Waals surface area contributed by atoms with Crippen LogP contribution in [0.15, 0.2) is 18.2 Å². The first-order valence-electron chi connectivity index (χ1n) is 5.14. The molecule has 2 nitrogen and oxygen atoms in total. The SMILES string of the molecule is COc1cc(C(C)C)ccc1C(N)CS. The molecule has 0 radical (unpaired) electrons. The maximum atomic E-state index is 5.94. The topological polar surface area (TPSA) is 35.2 Å². The van der Waals surface area contributed by atoms with Gasteiger partial charge in [-0.15, -0.1) is 0 Å². The van der Waals surface area contributed by atoms with Gasteiger partial charge in [0.2, 0.25) is 0 Å². The van der Waals surface area contributed by atoms with Crippen molar-refractivity contribution < 1.29 is 4.74 Å². The van der Waals surface area contributed by atoms with E-state index in [1.807, 2.05) is 6.07 Å². The molecule has 1 aromatic rings. The summed E-state index contributed by atoms with van der Waals surface area (Å²) in [4.78, 5) is 0. The van der Waals surface area contributed by atoms with E-state index in [1.54, 1.807) is 7.11 Å². The molecule has 0 saturated carbocycles. The third kappa shape index (κ3) is 2.89. The maximum absolute atomic E-state index is 5.94. The Morgan fingerprint density at radius 2 is 2.07 bits per heavy atom. The highest BCUT2D eigenvalue weighted by molar-refractivity contribution is 7.80. The van der Waals surface area contributed by atoms with Crippen molar-refractivity contribution in [2.24, 2.45) is 5.73 Å². The summed E-state index contributed by atoms with van der Waals surface area (Å²) < 4.78 is 5.35. The summed E-state index contributed by atoms with van der Waals surface area (Å²) in [7, 11) is 1.67. The Morgan fingerprint density at radius 3 is 2.53 bits per heavy atom. The van der Waals surface area contributed by atoms with E-state index < -0.39 is 0 Å². The zero-order chi connectivity index (χ0) is 11.4. The summed E-state index contributed by atoms with van der Waals surface area (Å²) >= 11 is 4.20. The number of benzene rings is 1. The molecule has 1 unspecified atom stereocenters. The summed E-state index contributed by atoms with van der Waals surface area (Å²) in [6.07, 6.45) is 0. The zero-order valence-corrected chi connectivity index (χ0v) is 10.4. The van der Waals surface area contributed by atoms with Gasteiger partial charge in [0.25, 0.3) is 0 Å². The molecular weight excluding hydrogens is 206 g/mol. The van der Waals surface area contributed by atoms with E-state index in [0.717, 1.165) is 11.3 Å². The Bertz CT molecular complexity index is 325. The van der Waals surface area contributed by atoms with Gasteiger partial charge in [0.05, 0.1) is 7.11 Å². The van der Waals surface area contributed by atoms with Crippen LogP contribution in [0.5, 0.6) is 5.75 Å². The highest BCUT2D eigenvalue weighted by Crippen LogP contribution is 2.28. The van der Waals surface area contributed by atoms with E-state index in [1.165, 1.54) is 5.56 Å². The predicted molar refractivity (Wildman–Crippen MR) is 67.9 cm³/mol. The summed E-state index contributed by atoms with van der Waals surface area (Å²) in [5.74, 6) is 1.99. The van der Waals surface area contributed by atoms with Crippen molar-refractivity contribution in [3.05, 3.63) is 29.3 Å². The fourth-order valence-electron chi connectivity index (χ4n) is 1.49. The lowest BCUT2D eigenvalue weighted by molar-refractivity contribution is 0.406. The van der Waals surface area contributed by atoms with Gasteiger partial charge in [0, 0.05) is 17.4 Å². The number of methoxy groups -OCH3 is 1. The average Bonchev–Trinajstić information content (AvgIpc) is 2.27. The van der Waals surface area contributed by atoms with Gasteiger partial charge in [-0.05, 0) is 17.5 Å². The van der Waals surface area contributed by atoms with Crippen LogP contribution in [-0.2, 0) is 0 Å². The summed E-state index contributed by atoms with van der Waals surface area (Å²) in [6.45, 7) is 4.32. The summed E-state index contributed by atoms with van der Waals surface area (Å²) in [5, 5.41) is 0. The zero-order valence-electron chi connectivity index (χ0n) is 9.53. The Hall–Kier alpha value is -0.670. The number of hydrogen-bond acceptors (Lipinski definition) is 3. The van der Waals surface area contributed by atoms with Crippen LogP contribution < -0.4 is 10.5 Å². The lowest BCUT2D eigenvalue weighted by atomic mass is 9.99. The molecule has 0 fully saturated rings. The fourth-order valence-corrected chi connectivity index (χ4v) is 1.69. The van der Waals surface area contributed by atoms with E-state index in [2.05, 4.69) is 38.6 Å². The molecule has 0 aliphatic heterocycles. The van der Waals surface area contributed by atoms with Crippen LogP contribution >= 0.6 is 12.6 Å². The van der Waals surface area contributed by atoms with Crippen molar-refractivity contribution in [1.82, 2.24) is 0 Å². The molecule has 84 valence electrons. The Kier molecular flexibility index (Phi) is 4.48. The number of rotatable bonds is 4. The number of thiol groups is 1. The fraction of sp³-hybridized carbons (Fsp3) is 0.500. The first-order chi connectivity index (χ1) is 7.10. The van der Waals surface area contributed by atoms with Gasteiger partial charge in [-0.25, -0.2) is 0 Å². The lowest BCUT2D eigenvalue weighted by Gasteiger charge is -2.16. The Labute approximate surface area is 97.2 Å². The molecule has 0 aromatic heterocycles. The minimum absolute atomic E-state index is 0.0653. The van der Waals surface area contributed by atoms with E-state index in [9.17, 15) is 0 Å². The van der Waals surface area contributed by atoms with Crippen LogP contribution in [0.1, 0.15) is 36.9 Å². The van der Waals surface area contributed by atoms with Crippen molar-refractivity contribution in [3.8, 4) is 5.75 Å². The molecule has 0 amide bonds. The van der Waals surface area contributed by atoms with Crippen molar-refractivity contribution in [2.45, 2.75) is 25.8 Å². The second-order valence-electron chi connectivity index (χ2n) is 3.95. The van der Waals surface area contributed by atoms with Crippen molar-refractivity contribution in [1.29, 1.82) is 0 Å². The second-order valence-corrected chi connectivity index (χ2v) is 4.31. The minimum atomic E-state index is -0.0653. The lowest BCUT2D eigenvalue weighted by Crippen LogP contribution is -2.13. The second kappa shape index (κ2) is 5.42. The van der Waals surface area contributed by atoms with Crippen LogP contribution in [0.4, 0.5) is 0 Å². The Morgan fingerprint density at radius 1 is 1.40 bits per heavy atom. The van der Waals surface area contributed by atoms with Gasteiger partial charge < -0.3 is 10.5 Å². The van der Waals surface area contributed by atoms with Gasteiger partial charge in [0.15, 0.2) is 0 Å². The molecule has 0 bridgehead atoms. The number of ether oxygens (including phenoxy) is 1. The average molecular weight is 225 g/mol. The van der Waals surface area contributed by atoms with Gasteiger partial charge in [-0.2, -0.15) is 12.6 Å². The molecule has 15 heavy (non-hydrogen) atoms. The molecule has 2 N–H and O–H groups in total. The van der Waals surface area contributed by atoms with Crippen molar-refractivity contribution >= 4 is 12.6 Å². The smallest absolute Gasteiger partial charge is 0.123 e. The summed E-state index contributed by atoms with van der Waals surface area (Å²) in [6, 6.07) is 6.13. The third-order valence-electron chi connectivity index (χ3n) is 2.52. The standard InChI is InChI=1S/C12H19NOS/c1-8(2)9-4-5-10(11(13)7-15)12(6-9)14-3/h4-6,8,11,15H,7,13H2,1-3H3. The molecule has 0 heterocycles. The van der Waals surface area contributed by atoms with Gasteiger partial charge >= 0.3 is 0 Å². The molecule has 0 saturated heterocycles. The van der Waals surface area contributed by atoms with Gasteiger partial charge in [-0.1, -0.05) is 26.0 Å². The first kappa shape index (κ1) is 12.4. The van der Waals surface area contributed by atoms with E-state index >= 15 is 0 Å². The highest BCUT2D eigenvalue weighted by Gasteiger charge is 2.11. The largest absolute Gasteiger partial charge is 0.496 e. The molecule has 0 aliphatic carbocycles. The maximum Gasteiger partial charge on any atom is 0.123 e. The third-order valence-corrected chi connectivity index (χ3v) is 2.91. The monoisotopic (exact) mass is 225 g/mol. The molecule has 1 atom stereocenters. The normalized spacial score (nSPS) is 12.9. The molecular formula is C12H19NOS. The number of hydrogen-bond donors (Lipinski definition) is 2. The van der Waals surface area contributed by atoms with Gasteiger partial charge in [0.1, 0.15) is 5.75 Å². The quantitative estimate of drug-likeness (QED) is 0.773. The predicted octanol–water partition coefficient (Wildman–Crippen LogP) is 2.75. The van der Waals surface area contributed by atoms with Crippen molar-refractivity contribution in [3.63, 3.8) is 0 Å². The van der Waals surface area contributed by atoms with E-state index in [0.29, 0.717) is 11.7 Å². The van der Waals surface area contributed by atoms with Gasteiger partial charge in [-0.3, -0.25) is 0 Å². The molecule has 0 spiro atoms. The van der Waals surface area contributed by atoms with Crippen LogP contribution in [0.25, 0.3) is 0 Å². The van der Waals surface area contributed by atoms with Crippen LogP contribution in [-0.4, -0.2) is 12.9 Å². The number of nitrogens with two attached hydrogens (primary N) is 1. The van der Waals surface area contributed by atoms with Crippen molar-refractivity contribution in [2.75, 3.05) is 12.9 Å². The Balaban J connectivity index is 3.09. The minimum Gasteiger partial charge on any atom is -0.496 e. The first-order valence-corrected chi connectivity index (χ1v) is 5.77. The molecule has 1 aromatic carbocycles. The molecule has 0 aliphatic rings.